The maximum atomic E-state index is 12.4. The summed E-state index contributed by atoms with van der Waals surface area (Å²) in [6.45, 7) is 0.752. The van der Waals surface area contributed by atoms with Gasteiger partial charge in [0.1, 0.15) is 11.3 Å². The van der Waals surface area contributed by atoms with E-state index in [1.54, 1.807) is 61.7 Å². The van der Waals surface area contributed by atoms with Crippen LogP contribution < -0.4 is 14.8 Å². The van der Waals surface area contributed by atoms with Gasteiger partial charge in [0.25, 0.3) is 15.9 Å². The minimum absolute atomic E-state index is 0.144. The van der Waals surface area contributed by atoms with Crippen molar-refractivity contribution in [2.45, 2.75) is 4.90 Å². The maximum Gasteiger partial charge on any atom is 0.261 e. The summed E-state index contributed by atoms with van der Waals surface area (Å²) < 4.78 is 38.0. The summed E-state index contributed by atoms with van der Waals surface area (Å²) >= 11 is 0. The molecule has 9 heteroatoms. The third-order valence-electron chi connectivity index (χ3n) is 3.98. The Morgan fingerprint density at radius 3 is 2.43 bits per heavy atom. The Bertz CT molecular complexity index is 1090. The molecule has 1 heterocycles. The average molecular weight is 427 g/mol. The molecule has 1 aromatic heterocycles. The number of hydrogen-bond acceptors (Lipinski definition) is 6. The Morgan fingerprint density at radius 1 is 1.00 bits per heavy atom. The number of anilines is 1. The van der Waals surface area contributed by atoms with Crippen molar-refractivity contribution in [3.8, 4) is 11.6 Å². The summed E-state index contributed by atoms with van der Waals surface area (Å²) in [4.78, 5) is 16.6. The van der Waals surface area contributed by atoms with Crippen molar-refractivity contribution in [1.29, 1.82) is 0 Å². The third kappa shape index (κ3) is 5.56. The van der Waals surface area contributed by atoms with Gasteiger partial charge in [0, 0.05) is 25.5 Å². The van der Waals surface area contributed by atoms with Crippen LogP contribution in [0, 0.1) is 0 Å². The number of carbonyl (C=O) groups excluding carboxylic acids is 1. The molecule has 0 fully saturated rings. The molecule has 30 heavy (non-hydrogen) atoms. The van der Waals surface area contributed by atoms with E-state index in [4.69, 9.17) is 9.47 Å². The van der Waals surface area contributed by atoms with Crippen LogP contribution in [-0.4, -0.2) is 39.6 Å². The average Bonchev–Trinajstić information content (AvgIpc) is 2.76. The van der Waals surface area contributed by atoms with Gasteiger partial charge in [-0.3, -0.25) is 9.52 Å². The Morgan fingerprint density at radius 2 is 1.73 bits per heavy atom. The number of rotatable bonds is 9. The Balaban J connectivity index is 1.70. The molecule has 156 valence electrons. The highest BCUT2D eigenvalue weighted by Gasteiger charge is 2.15. The molecule has 2 N–H and O–H groups in total. The lowest BCUT2D eigenvalue weighted by molar-refractivity contribution is 0.0934. The topological polar surface area (TPSA) is 107 Å². The van der Waals surface area contributed by atoms with Crippen LogP contribution in [0.4, 0.5) is 5.69 Å². The standard InChI is InChI=1S/C21H21N3O5S/c1-28-15-14-22-20(25)19-8-5-13-23-21(19)29-17-11-9-16(10-12-17)24-30(26,27)18-6-3-2-4-7-18/h2-13,24H,14-15H2,1H3,(H,22,25). The van der Waals surface area contributed by atoms with Gasteiger partial charge in [-0.1, -0.05) is 18.2 Å². The molecule has 0 aliphatic rings. The molecule has 0 aliphatic heterocycles. The lowest BCUT2D eigenvalue weighted by Crippen LogP contribution is -2.27. The van der Waals surface area contributed by atoms with E-state index in [2.05, 4.69) is 15.0 Å². The summed E-state index contributed by atoms with van der Waals surface area (Å²) in [5.41, 5.74) is 0.659. The van der Waals surface area contributed by atoms with Crippen LogP contribution in [0.5, 0.6) is 11.6 Å². The number of carbonyl (C=O) groups is 1. The molecule has 0 bridgehead atoms. The van der Waals surface area contributed by atoms with Crippen molar-refractivity contribution in [3.63, 3.8) is 0 Å². The maximum absolute atomic E-state index is 12.4. The summed E-state index contributed by atoms with van der Waals surface area (Å²) in [5.74, 6) is 0.217. The van der Waals surface area contributed by atoms with Gasteiger partial charge < -0.3 is 14.8 Å². The van der Waals surface area contributed by atoms with E-state index in [1.165, 1.54) is 18.3 Å². The molecule has 2 aromatic carbocycles. The molecule has 8 nitrogen and oxygen atoms in total. The van der Waals surface area contributed by atoms with E-state index in [0.717, 1.165) is 0 Å². The van der Waals surface area contributed by atoms with Crippen LogP contribution in [0.1, 0.15) is 10.4 Å². The summed E-state index contributed by atoms with van der Waals surface area (Å²) in [7, 11) is -2.13. The molecule has 0 saturated heterocycles. The number of hydrogen-bond donors (Lipinski definition) is 2. The largest absolute Gasteiger partial charge is 0.438 e. The zero-order valence-electron chi connectivity index (χ0n) is 16.2. The predicted molar refractivity (Wildman–Crippen MR) is 112 cm³/mol. The lowest BCUT2D eigenvalue weighted by Gasteiger charge is -2.11. The van der Waals surface area contributed by atoms with Crippen LogP contribution >= 0.6 is 0 Å². The number of nitrogens with one attached hydrogen (secondary N) is 2. The molecule has 0 aliphatic carbocycles. The molecule has 0 atom stereocenters. The fourth-order valence-electron chi connectivity index (χ4n) is 2.52. The number of aromatic nitrogens is 1. The Hall–Kier alpha value is -3.43. The van der Waals surface area contributed by atoms with Crippen molar-refractivity contribution >= 4 is 21.6 Å². The highest BCUT2D eigenvalue weighted by molar-refractivity contribution is 7.92. The second-order valence-corrected chi connectivity index (χ2v) is 7.83. The fraction of sp³-hybridized carbons (Fsp3) is 0.143. The van der Waals surface area contributed by atoms with Gasteiger partial charge in [-0.25, -0.2) is 13.4 Å². The highest BCUT2D eigenvalue weighted by atomic mass is 32.2. The Labute approximate surface area is 174 Å². The van der Waals surface area contributed by atoms with Gasteiger partial charge in [0.05, 0.1) is 11.5 Å². The highest BCUT2D eigenvalue weighted by Crippen LogP contribution is 2.25. The summed E-state index contributed by atoms with van der Waals surface area (Å²) in [6.07, 6.45) is 1.52. The molecular formula is C21H21N3O5S. The van der Waals surface area contributed by atoms with Crippen molar-refractivity contribution in [1.82, 2.24) is 10.3 Å². The number of ether oxygens (including phenoxy) is 2. The molecule has 0 spiro atoms. The van der Waals surface area contributed by atoms with Gasteiger partial charge >= 0.3 is 0 Å². The van der Waals surface area contributed by atoms with Crippen LogP contribution in [0.3, 0.4) is 0 Å². The monoisotopic (exact) mass is 427 g/mol. The second kappa shape index (κ2) is 9.86. The van der Waals surface area contributed by atoms with Crippen molar-refractivity contribution in [2.75, 3.05) is 25.0 Å². The van der Waals surface area contributed by atoms with Crippen molar-refractivity contribution < 1.29 is 22.7 Å². The van der Waals surface area contributed by atoms with Gasteiger partial charge in [-0.05, 0) is 48.5 Å². The number of pyridine rings is 1. The lowest BCUT2D eigenvalue weighted by atomic mass is 10.2. The van der Waals surface area contributed by atoms with Crippen LogP contribution in [-0.2, 0) is 14.8 Å². The number of benzene rings is 2. The normalized spacial score (nSPS) is 11.0. The molecular weight excluding hydrogens is 406 g/mol. The SMILES string of the molecule is COCCNC(=O)c1cccnc1Oc1ccc(NS(=O)(=O)c2ccccc2)cc1. The quantitative estimate of drug-likeness (QED) is 0.509. The van der Waals surface area contributed by atoms with Gasteiger partial charge in [0.2, 0.25) is 5.88 Å². The molecule has 0 saturated carbocycles. The minimum atomic E-state index is -3.68. The number of methoxy groups -OCH3 is 1. The first-order valence-electron chi connectivity index (χ1n) is 9.07. The smallest absolute Gasteiger partial charge is 0.261 e. The van der Waals surface area contributed by atoms with Crippen molar-refractivity contribution in [2.24, 2.45) is 0 Å². The molecule has 0 radical (unpaired) electrons. The molecule has 1 amide bonds. The van der Waals surface area contributed by atoms with E-state index < -0.39 is 10.0 Å². The van der Waals surface area contributed by atoms with E-state index >= 15 is 0 Å². The van der Waals surface area contributed by atoms with E-state index in [-0.39, 0.29) is 22.2 Å². The number of amides is 1. The Kier molecular flexibility index (Phi) is 6.99. The molecule has 3 rings (SSSR count). The second-order valence-electron chi connectivity index (χ2n) is 6.15. The zero-order valence-corrected chi connectivity index (χ0v) is 17.1. The zero-order chi connectivity index (χ0) is 21.4. The first-order chi connectivity index (χ1) is 14.5. The first-order valence-corrected chi connectivity index (χ1v) is 10.6. The number of sulfonamides is 1. The minimum Gasteiger partial charge on any atom is -0.438 e. The van der Waals surface area contributed by atoms with Gasteiger partial charge in [-0.2, -0.15) is 0 Å². The predicted octanol–water partition coefficient (Wildman–Crippen LogP) is 3.05. The van der Waals surface area contributed by atoms with Gasteiger partial charge in [-0.15, -0.1) is 0 Å². The van der Waals surface area contributed by atoms with Crippen LogP contribution in [0.15, 0.2) is 77.8 Å². The summed E-state index contributed by atoms with van der Waals surface area (Å²) in [5, 5.41) is 2.72. The third-order valence-corrected chi connectivity index (χ3v) is 5.38. The van der Waals surface area contributed by atoms with E-state index in [9.17, 15) is 13.2 Å². The van der Waals surface area contributed by atoms with E-state index in [0.29, 0.717) is 24.6 Å². The first kappa shape index (κ1) is 21.3. The molecule has 3 aromatic rings. The van der Waals surface area contributed by atoms with Crippen LogP contribution in [0.2, 0.25) is 0 Å². The van der Waals surface area contributed by atoms with Crippen LogP contribution in [0.25, 0.3) is 0 Å². The van der Waals surface area contributed by atoms with E-state index in [1.807, 2.05) is 0 Å². The number of nitrogens with zero attached hydrogens (tertiary/aromatic N) is 1. The van der Waals surface area contributed by atoms with Crippen molar-refractivity contribution in [3.05, 3.63) is 78.5 Å². The fourth-order valence-corrected chi connectivity index (χ4v) is 3.60. The summed E-state index contributed by atoms with van der Waals surface area (Å²) in [6, 6.07) is 17.6. The van der Waals surface area contributed by atoms with Gasteiger partial charge in [0.15, 0.2) is 0 Å². The molecule has 0 unspecified atom stereocenters.